The van der Waals surface area contributed by atoms with Crippen LogP contribution in [0.2, 0.25) is 0 Å². The van der Waals surface area contributed by atoms with Gasteiger partial charge in [0.2, 0.25) is 0 Å². The first-order chi connectivity index (χ1) is 10.2. The highest BCUT2D eigenvalue weighted by atomic mass is 16.6. The molecule has 0 aromatic carbocycles. The van der Waals surface area contributed by atoms with Gasteiger partial charge in [-0.2, -0.15) is 0 Å². The van der Waals surface area contributed by atoms with Gasteiger partial charge in [-0.3, -0.25) is 0 Å². The standard InChI is InChI=1S/C16H28N2O4/c1-12(19)10-18(15(20)22-16(3,4)5)8-7-17-13(2)14-6-9-21-11-14/h6,9,11-13,17,19H,7-8,10H2,1-5H3. The van der Waals surface area contributed by atoms with Gasteiger partial charge in [0, 0.05) is 31.2 Å². The van der Waals surface area contributed by atoms with Crippen molar-refractivity contribution in [1.82, 2.24) is 10.2 Å². The summed E-state index contributed by atoms with van der Waals surface area (Å²) in [5.74, 6) is 0. The molecule has 2 N–H and O–H groups in total. The van der Waals surface area contributed by atoms with E-state index in [4.69, 9.17) is 9.15 Å². The molecule has 2 atom stereocenters. The van der Waals surface area contributed by atoms with Gasteiger partial charge in [-0.1, -0.05) is 0 Å². The molecule has 2 unspecified atom stereocenters. The zero-order valence-electron chi connectivity index (χ0n) is 14.1. The second-order valence-electron chi connectivity index (χ2n) is 6.51. The van der Waals surface area contributed by atoms with Crippen LogP contribution in [0.15, 0.2) is 23.0 Å². The Kier molecular flexibility index (Phi) is 6.90. The Morgan fingerprint density at radius 1 is 1.45 bits per heavy atom. The second-order valence-corrected chi connectivity index (χ2v) is 6.51. The largest absolute Gasteiger partial charge is 0.472 e. The summed E-state index contributed by atoms with van der Waals surface area (Å²) in [6.45, 7) is 10.5. The molecule has 0 radical (unpaired) electrons. The van der Waals surface area contributed by atoms with E-state index in [2.05, 4.69) is 5.32 Å². The van der Waals surface area contributed by atoms with E-state index < -0.39 is 17.8 Å². The average molecular weight is 312 g/mol. The molecular formula is C16H28N2O4. The van der Waals surface area contributed by atoms with Gasteiger partial charge in [-0.25, -0.2) is 4.79 Å². The summed E-state index contributed by atoms with van der Waals surface area (Å²) in [4.78, 5) is 13.7. The molecule has 126 valence electrons. The fraction of sp³-hybridized carbons (Fsp3) is 0.688. The highest BCUT2D eigenvalue weighted by Crippen LogP contribution is 2.12. The number of amides is 1. The van der Waals surface area contributed by atoms with Crippen LogP contribution in [0.4, 0.5) is 4.79 Å². The van der Waals surface area contributed by atoms with Crippen LogP contribution in [0, 0.1) is 0 Å². The minimum absolute atomic E-state index is 0.130. The average Bonchev–Trinajstić information content (AvgIpc) is 2.88. The first-order valence-electron chi connectivity index (χ1n) is 7.60. The van der Waals surface area contributed by atoms with Crippen molar-refractivity contribution in [2.75, 3.05) is 19.6 Å². The molecule has 1 rings (SSSR count). The van der Waals surface area contributed by atoms with E-state index in [0.29, 0.717) is 13.1 Å². The molecule has 0 spiro atoms. The van der Waals surface area contributed by atoms with Crippen LogP contribution in [0.3, 0.4) is 0 Å². The van der Waals surface area contributed by atoms with Crippen molar-refractivity contribution >= 4 is 6.09 Å². The summed E-state index contributed by atoms with van der Waals surface area (Å²) in [5, 5.41) is 12.9. The SMILES string of the molecule is CC(O)CN(CCNC(C)c1ccoc1)C(=O)OC(C)(C)C. The number of nitrogens with zero attached hydrogens (tertiary/aromatic N) is 1. The van der Waals surface area contributed by atoms with E-state index >= 15 is 0 Å². The fourth-order valence-corrected chi connectivity index (χ4v) is 1.96. The van der Waals surface area contributed by atoms with Gasteiger partial charge in [0.05, 0.1) is 18.6 Å². The third-order valence-electron chi connectivity index (χ3n) is 3.01. The third-order valence-corrected chi connectivity index (χ3v) is 3.01. The summed E-state index contributed by atoms with van der Waals surface area (Å²) < 4.78 is 10.4. The first kappa shape index (κ1) is 18.5. The lowest BCUT2D eigenvalue weighted by atomic mass is 10.2. The first-order valence-corrected chi connectivity index (χ1v) is 7.60. The molecule has 6 nitrogen and oxygen atoms in total. The number of aliphatic hydroxyl groups is 1. The molecule has 0 saturated carbocycles. The maximum Gasteiger partial charge on any atom is 0.410 e. The number of hydrogen-bond acceptors (Lipinski definition) is 5. The molecule has 6 heteroatoms. The number of carbonyl (C=O) groups is 1. The van der Waals surface area contributed by atoms with Gasteiger partial charge in [0.15, 0.2) is 0 Å². The van der Waals surface area contributed by atoms with E-state index in [1.807, 2.05) is 33.8 Å². The number of rotatable bonds is 7. The minimum atomic E-state index is -0.598. The van der Waals surface area contributed by atoms with Crippen LogP contribution in [0.1, 0.15) is 46.2 Å². The Morgan fingerprint density at radius 3 is 2.64 bits per heavy atom. The van der Waals surface area contributed by atoms with Gasteiger partial charge < -0.3 is 24.5 Å². The molecule has 1 aromatic rings. The number of ether oxygens (including phenoxy) is 1. The number of carbonyl (C=O) groups excluding carboxylic acids is 1. The van der Waals surface area contributed by atoms with E-state index in [0.717, 1.165) is 5.56 Å². The Hall–Kier alpha value is -1.53. The molecule has 22 heavy (non-hydrogen) atoms. The summed E-state index contributed by atoms with van der Waals surface area (Å²) in [5.41, 5.74) is 0.505. The lowest BCUT2D eigenvalue weighted by Gasteiger charge is -2.28. The number of aliphatic hydroxyl groups excluding tert-OH is 1. The van der Waals surface area contributed by atoms with Crippen LogP contribution in [0.25, 0.3) is 0 Å². The zero-order valence-corrected chi connectivity index (χ0v) is 14.1. The van der Waals surface area contributed by atoms with Crippen molar-refractivity contribution in [3.63, 3.8) is 0 Å². The van der Waals surface area contributed by atoms with Gasteiger partial charge in [-0.15, -0.1) is 0 Å². The highest BCUT2D eigenvalue weighted by Gasteiger charge is 2.23. The van der Waals surface area contributed by atoms with Gasteiger partial charge in [0.25, 0.3) is 0 Å². The van der Waals surface area contributed by atoms with Crippen LogP contribution in [-0.4, -0.2) is 47.4 Å². The van der Waals surface area contributed by atoms with E-state index in [-0.39, 0.29) is 12.6 Å². The van der Waals surface area contributed by atoms with Crippen molar-refractivity contribution in [2.24, 2.45) is 0 Å². The smallest absolute Gasteiger partial charge is 0.410 e. The normalized spacial score (nSPS) is 14.5. The summed E-state index contributed by atoms with van der Waals surface area (Å²) in [7, 11) is 0. The van der Waals surface area contributed by atoms with Gasteiger partial charge >= 0.3 is 6.09 Å². The minimum Gasteiger partial charge on any atom is -0.472 e. The quantitative estimate of drug-likeness (QED) is 0.809. The third kappa shape index (κ3) is 6.95. The Balaban J connectivity index is 2.49. The van der Waals surface area contributed by atoms with Crippen molar-refractivity contribution in [3.8, 4) is 0 Å². The Morgan fingerprint density at radius 2 is 2.14 bits per heavy atom. The molecule has 1 heterocycles. The molecule has 1 amide bonds. The predicted molar refractivity (Wildman–Crippen MR) is 84.6 cm³/mol. The summed E-state index contributed by atoms with van der Waals surface area (Å²) in [6, 6.07) is 2.03. The highest BCUT2D eigenvalue weighted by molar-refractivity contribution is 5.68. The summed E-state index contributed by atoms with van der Waals surface area (Å²) >= 11 is 0. The van der Waals surface area contributed by atoms with Gasteiger partial charge in [0.1, 0.15) is 5.60 Å². The maximum atomic E-state index is 12.1. The molecule has 0 aliphatic heterocycles. The van der Waals surface area contributed by atoms with Crippen LogP contribution >= 0.6 is 0 Å². The fourth-order valence-electron chi connectivity index (χ4n) is 1.96. The predicted octanol–water partition coefficient (Wildman–Crippen LogP) is 2.55. The van der Waals surface area contributed by atoms with Gasteiger partial charge in [-0.05, 0) is 40.7 Å². The molecule has 0 saturated heterocycles. The number of hydrogen-bond donors (Lipinski definition) is 2. The number of nitrogens with one attached hydrogen (secondary N) is 1. The maximum absolute atomic E-state index is 12.1. The van der Waals surface area contributed by atoms with E-state index in [9.17, 15) is 9.90 Å². The molecule has 0 fully saturated rings. The number of furan rings is 1. The van der Waals surface area contributed by atoms with Crippen molar-refractivity contribution < 1.29 is 19.1 Å². The van der Waals surface area contributed by atoms with Crippen molar-refractivity contribution in [1.29, 1.82) is 0 Å². The lowest BCUT2D eigenvalue weighted by Crippen LogP contribution is -2.43. The van der Waals surface area contributed by atoms with E-state index in [1.54, 1.807) is 19.5 Å². The van der Waals surface area contributed by atoms with Crippen molar-refractivity contribution in [2.45, 2.75) is 52.4 Å². The second kappa shape index (κ2) is 8.19. The Labute approximate surface area is 132 Å². The van der Waals surface area contributed by atoms with Crippen molar-refractivity contribution in [3.05, 3.63) is 24.2 Å². The molecule has 0 bridgehead atoms. The lowest BCUT2D eigenvalue weighted by molar-refractivity contribution is 0.0163. The molecule has 1 aromatic heterocycles. The Bertz CT molecular complexity index is 437. The summed E-state index contributed by atoms with van der Waals surface area (Å²) in [6.07, 6.45) is 2.32. The topological polar surface area (TPSA) is 74.9 Å². The van der Waals surface area contributed by atoms with Crippen LogP contribution in [-0.2, 0) is 4.74 Å². The van der Waals surface area contributed by atoms with Crippen LogP contribution < -0.4 is 5.32 Å². The molecular weight excluding hydrogens is 284 g/mol. The zero-order chi connectivity index (χ0) is 16.8. The molecule has 0 aliphatic carbocycles. The van der Waals surface area contributed by atoms with Crippen LogP contribution in [0.5, 0.6) is 0 Å². The molecule has 0 aliphatic rings. The monoisotopic (exact) mass is 312 g/mol. The van der Waals surface area contributed by atoms with E-state index in [1.165, 1.54) is 4.90 Å².